The summed E-state index contributed by atoms with van der Waals surface area (Å²) >= 11 is 0.925. The maximum atomic E-state index is 11.9. The number of terminal acetylenes is 1. The molecule has 2 amide bonds. The van der Waals surface area contributed by atoms with E-state index in [4.69, 9.17) is 6.42 Å². The highest BCUT2D eigenvalue weighted by Gasteiger charge is 2.34. The van der Waals surface area contributed by atoms with Gasteiger partial charge >= 0.3 is 0 Å². The predicted molar refractivity (Wildman–Crippen MR) is 72.7 cm³/mol. The van der Waals surface area contributed by atoms with Gasteiger partial charge in [0.05, 0.1) is 11.4 Å². The second-order valence-electron chi connectivity index (χ2n) is 3.89. The lowest BCUT2D eigenvalue weighted by atomic mass is 10.1. The topological polar surface area (TPSA) is 37.4 Å². The molecule has 3 nitrogen and oxygen atoms in total. The van der Waals surface area contributed by atoms with Crippen molar-refractivity contribution in [3.8, 4) is 12.3 Å². The lowest BCUT2D eigenvalue weighted by molar-refractivity contribution is -0.122. The van der Waals surface area contributed by atoms with Gasteiger partial charge in [-0.2, -0.15) is 0 Å². The van der Waals surface area contributed by atoms with E-state index in [-0.39, 0.29) is 17.7 Å². The summed E-state index contributed by atoms with van der Waals surface area (Å²) in [4.78, 5) is 25.0. The van der Waals surface area contributed by atoms with Crippen molar-refractivity contribution in [3.63, 3.8) is 0 Å². The molecule has 0 N–H and O–H groups in total. The molecule has 0 spiro atoms. The molecule has 0 saturated carbocycles. The van der Waals surface area contributed by atoms with Gasteiger partial charge in [-0.25, -0.2) is 0 Å². The van der Waals surface area contributed by atoms with Crippen LogP contribution in [-0.2, 0) is 4.79 Å². The molecule has 1 heterocycles. The molecule has 1 aliphatic rings. The van der Waals surface area contributed by atoms with Gasteiger partial charge in [0, 0.05) is 0 Å². The number of hydrogen-bond acceptors (Lipinski definition) is 3. The smallest absolute Gasteiger partial charge is 0.268 e. The van der Waals surface area contributed by atoms with Crippen LogP contribution in [0.15, 0.2) is 29.2 Å². The predicted octanol–water partition coefficient (Wildman–Crippen LogP) is 2.66. The molecular formula is C14H11NO2S. The van der Waals surface area contributed by atoms with Crippen molar-refractivity contribution in [1.82, 2.24) is 4.90 Å². The lowest BCUT2D eigenvalue weighted by Crippen LogP contribution is -2.28. The molecule has 1 saturated heterocycles. The van der Waals surface area contributed by atoms with E-state index in [1.807, 2.05) is 31.2 Å². The fourth-order valence-corrected chi connectivity index (χ4v) is 2.48. The fraction of sp³-hybridized carbons (Fsp3) is 0.143. The quantitative estimate of drug-likeness (QED) is 0.604. The van der Waals surface area contributed by atoms with Crippen LogP contribution >= 0.6 is 11.8 Å². The molecule has 1 aromatic carbocycles. The summed E-state index contributed by atoms with van der Waals surface area (Å²) in [7, 11) is 0. The average Bonchev–Trinajstić information content (AvgIpc) is 2.57. The Labute approximate surface area is 110 Å². The van der Waals surface area contributed by atoms with E-state index < -0.39 is 0 Å². The zero-order valence-corrected chi connectivity index (χ0v) is 10.7. The maximum Gasteiger partial charge on any atom is 0.294 e. The molecule has 0 atom stereocenters. The normalized spacial score (nSPS) is 17.3. The SMILES string of the molecule is C#CCN1C(=O)S/C(=C/c2cccc(C)c2)C1=O. The second-order valence-corrected chi connectivity index (χ2v) is 4.88. The number of rotatable bonds is 2. The van der Waals surface area contributed by atoms with Crippen molar-refractivity contribution in [3.05, 3.63) is 40.3 Å². The van der Waals surface area contributed by atoms with E-state index in [2.05, 4.69) is 5.92 Å². The van der Waals surface area contributed by atoms with Crippen LogP contribution in [-0.4, -0.2) is 22.6 Å². The molecule has 1 aromatic rings. The van der Waals surface area contributed by atoms with Crippen LogP contribution in [0.3, 0.4) is 0 Å². The number of carbonyl (C=O) groups is 2. The minimum atomic E-state index is -0.315. The van der Waals surface area contributed by atoms with E-state index in [0.29, 0.717) is 4.91 Å². The first-order chi connectivity index (χ1) is 8.61. The Morgan fingerprint density at radius 1 is 1.44 bits per heavy atom. The zero-order valence-electron chi connectivity index (χ0n) is 9.84. The van der Waals surface area contributed by atoms with E-state index in [9.17, 15) is 9.59 Å². The minimum absolute atomic E-state index is 0.0236. The van der Waals surface area contributed by atoms with Crippen LogP contribution < -0.4 is 0 Å². The van der Waals surface area contributed by atoms with Gasteiger partial charge in [-0.3, -0.25) is 14.5 Å². The Morgan fingerprint density at radius 3 is 2.89 bits per heavy atom. The zero-order chi connectivity index (χ0) is 13.1. The first-order valence-corrected chi connectivity index (χ1v) is 6.19. The van der Waals surface area contributed by atoms with Crippen LogP contribution in [0.2, 0.25) is 0 Å². The molecular weight excluding hydrogens is 246 g/mol. The molecule has 1 aliphatic heterocycles. The van der Waals surface area contributed by atoms with E-state index in [1.54, 1.807) is 6.08 Å². The van der Waals surface area contributed by atoms with Gasteiger partial charge in [-0.1, -0.05) is 35.7 Å². The van der Waals surface area contributed by atoms with E-state index in [0.717, 1.165) is 27.8 Å². The third-order valence-corrected chi connectivity index (χ3v) is 3.37. The molecule has 0 bridgehead atoms. The van der Waals surface area contributed by atoms with Crippen molar-refractivity contribution in [2.45, 2.75) is 6.92 Å². The largest absolute Gasteiger partial charge is 0.294 e. The van der Waals surface area contributed by atoms with Crippen molar-refractivity contribution >= 4 is 29.0 Å². The Morgan fingerprint density at radius 2 is 2.22 bits per heavy atom. The van der Waals surface area contributed by atoms with Gasteiger partial charge in [0.2, 0.25) is 0 Å². The van der Waals surface area contributed by atoms with Crippen molar-refractivity contribution in [2.75, 3.05) is 6.54 Å². The molecule has 0 aliphatic carbocycles. The summed E-state index contributed by atoms with van der Waals surface area (Å²) in [6.07, 6.45) is 6.84. The lowest BCUT2D eigenvalue weighted by Gasteiger charge is -2.06. The number of hydrogen-bond donors (Lipinski definition) is 0. The van der Waals surface area contributed by atoms with Crippen LogP contribution in [0.4, 0.5) is 4.79 Å². The molecule has 0 unspecified atom stereocenters. The fourth-order valence-electron chi connectivity index (χ4n) is 1.64. The number of nitrogens with zero attached hydrogens (tertiary/aromatic N) is 1. The number of thioether (sulfide) groups is 1. The molecule has 18 heavy (non-hydrogen) atoms. The minimum Gasteiger partial charge on any atom is -0.268 e. The summed E-state index contributed by atoms with van der Waals surface area (Å²) in [6, 6.07) is 7.73. The standard InChI is InChI=1S/C14H11NO2S/c1-3-7-15-13(16)12(18-14(15)17)9-11-6-4-5-10(2)8-11/h1,4-6,8-9H,7H2,2H3/b12-9+. The highest BCUT2D eigenvalue weighted by Crippen LogP contribution is 2.31. The van der Waals surface area contributed by atoms with Crippen LogP contribution in [0.5, 0.6) is 0 Å². The Balaban J connectivity index is 2.28. The summed E-state index contributed by atoms with van der Waals surface area (Å²) in [5.41, 5.74) is 2.01. The van der Waals surface area contributed by atoms with Crippen LogP contribution in [0.1, 0.15) is 11.1 Å². The van der Waals surface area contributed by atoms with Crippen LogP contribution in [0.25, 0.3) is 6.08 Å². The third kappa shape index (κ3) is 2.47. The van der Waals surface area contributed by atoms with Crippen LogP contribution in [0, 0.1) is 19.3 Å². The number of imide groups is 1. The Kier molecular flexibility index (Phi) is 3.54. The molecule has 90 valence electrons. The number of aryl methyl sites for hydroxylation is 1. The van der Waals surface area contributed by atoms with Gasteiger partial charge in [0.1, 0.15) is 0 Å². The highest BCUT2D eigenvalue weighted by molar-refractivity contribution is 8.18. The Hall–Kier alpha value is -1.99. The molecule has 1 fully saturated rings. The summed E-state index contributed by atoms with van der Waals surface area (Å²) in [5, 5.41) is -0.308. The van der Waals surface area contributed by atoms with Gasteiger partial charge in [0.25, 0.3) is 11.1 Å². The maximum absolute atomic E-state index is 11.9. The van der Waals surface area contributed by atoms with Gasteiger partial charge < -0.3 is 0 Å². The summed E-state index contributed by atoms with van der Waals surface area (Å²) in [5.74, 6) is 1.99. The summed E-state index contributed by atoms with van der Waals surface area (Å²) < 4.78 is 0. The van der Waals surface area contributed by atoms with E-state index in [1.165, 1.54) is 0 Å². The van der Waals surface area contributed by atoms with Gasteiger partial charge in [0.15, 0.2) is 0 Å². The first-order valence-electron chi connectivity index (χ1n) is 5.37. The Bertz CT molecular complexity index is 584. The first kappa shape index (κ1) is 12.5. The van der Waals surface area contributed by atoms with Crippen molar-refractivity contribution in [2.24, 2.45) is 0 Å². The monoisotopic (exact) mass is 257 g/mol. The van der Waals surface area contributed by atoms with E-state index >= 15 is 0 Å². The van der Waals surface area contributed by atoms with Crippen molar-refractivity contribution < 1.29 is 9.59 Å². The molecule has 0 aromatic heterocycles. The number of benzene rings is 1. The third-order valence-electron chi connectivity index (χ3n) is 2.46. The summed E-state index contributed by atoms with van der Waals surface area (Å²) in [6.45, 7) is 2.00. The second kappa shape index (κ2) is 5.11. The average molecular weight is 257 g/mol. The number of amides is 2. The molecule has 4 heteroatoms. The molecule has 0 radical (unpaired) electrons. The van der Waals surface area contributed by atoms with Gasteiger partial charge in [-0.05, 0) is 30.3 Å². The molecule has 2 rings (SSSR count). The number of carbonyl (C=O) groups excluding carboxylic acids is 2. The highest BCUT2D eigenvalue weighted by atomic mass is 32.2. The van der Waals surface area contributed by atoms with Gasteiger partial charge in [-0.15, -0.1) is 6.42 Å². The van der Waals surface area contributed by atoms with Crippen molar-refractivity contribution in [1.29, 1.82) is 0 Å².